The van der Waals surface area contributed by atoms with E-state index in [1.807, 2.05) is 11.0 Å². The highest BCUT2D eigenvalue weighted by Crippen LogP contribution is 2.30. The van der Waals surface area contributed by atoms with Crippen molar-refractivity contribution < 1.29 is 13.9 Å². The Balaban J connectivity index is 1.52. The smallest absolute Gasteiger partial charge is 0.264 e. The molecule has 2 aliphatic heterocycles. The van der Waals surface area contributed by atoms with Crippen LogP contribution in [0, 0.1) is 11.7 Å². The number of halogens is 1. The van der Waals surface area contributed by atoms with E-state index in [0.717, 1.165) is 44.1 Å². The zero-order valence-electron chi connectivity index (χ0n) is 13.7. The maximum Gasteiger partial charge on any atom is 0.264 e. The average Bonchev–Trinajstić information content (AvgIpc) is 3.20. The van der Waals surface area contributed by atoms with Crippen molar-refractivity contribution in [3.05, 3.63) is 35.0 Å². The predicted molar refractivity (Wildman–Crippen MR) is 93.0 cm³/mol. The van der Waals surface area contributed by atoms with E-state index in [2.05, 4.69) is 11.8 Å². The summed E-state index contributed by atoms with van der Waals surface area (Å²) in [7, 11) is 0. The Morgan fingerprint density at radius 2 is 2.08 bits per heavy atom. The van der Waals surface area contributed by atoms with Crippen molar-refractivity contribution in [1.82, 2.24) is 9.80 Å². The summed E-state index contributed by atoms with van der Waals surface area (Å²) in [5.74, 6) is 0.208. The summed E-state index contributed by atoms with van der Waals surface area (Å²) in [6.45, 7) is 7.13. The molecule has 1 aromatic heterocycles. The third-order valence-corrected chi connectivity index (χ3v) is 6.18. The summed E-state index contributed by atoms with van der Waals surface area (Å²) < 4.78 is 20.1. The molecule has 0 bridgehead atoms. The maximum absolute atomic E-state index is 13.9. The van der Waals surface area contributed by atoms with Gasteiger partial charge >= 0.3 is 0 Å². The Bertz CT molecular complexity index is 757. The monoisotopic (exact) mass is 348 g/mol. The molecule has 3 heterocycles. The third-order valence-electron chi connectivity index (χ3n) is 5.09. The molecule has 2 aromatic rings. The molecule has 1 amide bonds. The van der Waals surface area contributed by atoms with Crippen LogP contribution < -0.4 is 0 Å². The van der Waals surface area contributed by atoms with Crippen LogP contribution >= 0.6 is 11.3 Å². The van der Waals surface area contributed by atoms with Crippen LogP contribution in [0.25, 0.3) is 10.1 Å². The molecular weight excluding hydrogens is 327 g/mol. The fourth-order valence-electron chi connectivity index (χ4n) is 3.79. The minimum Gasteiger partial charge on any atom is -0.379 e. The van der Waals surface area contributed by atoms with E-state index in [-0.39, 0.29) is 11.7 Å². The lowest BCUT2D eigenvalue weighted by Crippen LogP contribution is -2.47. The van der Waals surface area contributed by atoms with Crippen molar-refractivity contribution in [2.24, 2.45) is 5.92 Å². The fourth-order valence-corrected chi connectivity index (χ4v) is 4.83. The van der Waals surface area contributed by atoms with Crippen molar-refractivity contribution in [1.29, 1.82) is 0 Å². The molecule has 24 heavy (non-hydrogen) atoms. The number of morpholine rings is 1. The zero-order valence-corrected chi connectivity index (χ0v) is 14.5. The third kappa shape index (κ3) is 2.83. The van der Waals surface area contributed by atoms with Gasteiger partial charge in [-0.1, -0.05) is 13.0 Å². The lowest BCUT2D eigenvalue weighted by Gasteiger charge is -2.33. The molecule has 0 aliphatic carbocycles. The van der Waals surface area contributed by atoms with Crippen LogP contribution in [0.1, 0.15) is 16.6 Å². The number of benzene rings is 1. The van der Waals surface area contributed by atoms with Gasteiger partial charge < -0.3 is 9.64 Å². The van der Waals surface area contributed by atoms with E-state index >= 15 is 0 Å². The largest absolute Gasteiger partial charge is 0.379 e. The molecule has 0 unspecified atom stereocenters. The molecule has 0 N–H and O–H groups in total. The van der Waals surface area contributed by atoms with E-state index in [9.17, 15) is 9.18 Å². The molecule has 2 saturated heterocycles. The minimum absolute atomic E-state index is 0.0261. The van der Waals surface area contributed by atoms with Gasteiger partial charge in [0, 0.05) is 42.3 Å². The Labute approximate surface area is 144 Å². The van der Waals surface area contributed by atoms with Gasteiger partial charge in [0.2, 0.25) is 0 Å². The standard InChI is InChI=1S/C18H21FN2O2S/c1-12-10-21(11-15(12)20-5-7-23-8-6-20)18(22)17-9-13-14(19)3-2-4-16(13)24-17/h2-4,9,12,15H,5-8,10-11H2,1H3/t12-,15+/m0/s1. The molecule has 0 spiro atoms. The molecule has 2 atom stereocenters. The molecule has 6 heteroatoms. The second kappa shape index (κ2) is 6.43. The summed E-state index contributed by atoms with van der Waals surface area (Å²) in [5.41, 5.74) is 0. The van der Waals surface area contributed by atoms with Crippen LogP contribution in [0.5, 0.6) is 0 Å². The molecule has 4 rings (SSSR count). The molecule has 128 valence electrons. The quantitative estimate of drug-likeness (QED) is 0.837. The maximum atomic E-state index is 13.9. The topological polar surface area (TPSA) is 32.8 Å². The number of hydrogen-bond acceptors (Lipinski definition) is 4. The van der Waals surface area contributed by atoms with Crippen molar-refractivity contribution >= 4 is 27.3 Å². The summed E-state index contributed by atoms with van der Waals surface area (Å²) in [6, 6.07) is 7.08. The first-order valence-corrected chi connectivity index (χ1v) is 9.24. The van der Waals surface area contributed by atoms with Crippen molar-refractivity contribution in [2.45, 2.75) is 13.0 Å². The Morgan fingerprint density at radius 3 is 2.83 bits per heavy atom. The van der Waals surface area contributed by atoms with E-state index in [0.29, 0.717) is 22.2 Å². The fraction of sp³-hybridized carbons (Fsp3) is 0.500. The van der Waals surface area contributed by atoms with Crippen LogP contribution in [0.15, 0.2) is 24.3 Å². The molecule has 2 fully saturated rings. The van der Waals surface area contributed by atoms with Crippen LogP contribution in [0.4, 0.5) is 4.39 Å². The highest BCUT2D eigenvalue weighted by Gasteiger charge is 2.37. The van der Waals surface area contributed by atoms with E-state index in [4.69, 9.17) is 4.74 Å². The molecule has 2 aliphatic rings. The molecule has 0 radical (unpaired) electrons. The molecule has 4 nitrogen and oxygen atoms in total. The lowest BCUT2D eigenvalue weighted by molar-refractivity contribution is 0.0119. The van der Waals surface area contributed by atoms with Gasteiger partial charge in [0.1, 0.15) is 5.82 Å². The number of likely N-dealkylation sites (tertiary alicyclic amines) is 1. The van der Waals surface area contributed by atoms with Gasteiger partial charge in [-0.05, 0) is 24.1 Å². The zero-order chi connectivity index (χ0) is 16.7. The first-order chi connectivity index (χ1) is 11.6. The van der Waals surface area contributed by atoms with Crippen LogP contribution in [-0.2, 0) is 4.74 Å². The van der Waals surface area contributed by atoms with E-state index in [1.165, 1.54) is 17.4 Å². The second-order valence-corrected chi connectivity index (χ2v) is 7.75. The van der Waals surface area contributed by atoms with Crippen LogP contribution in [0.2, 0.25) is 0 Å². The molecular formula is C18H21FN2O2S. The number of fused-ring (bicyclic) bond motifs is 1. The van der Waals surface area contributed by atoms with Gasteiger partial charge in [-0.15, -0.1) is 11.3 Å². The summed E-state index contributed by atoms with van der Waals surface area (Å²) in [5, 5.41) is 0.544. The van der Waals surface area contributed by atoms with Gasteiger partial charge in [-0.2, -0.15) is 0 Å². The first-order valence-electron chi connectivity index (χ1n) is 8.42. The Hall–Kier alpha value is -1.50. The highest BCUT2D eigenvalue weighted by molar-refractivity contribution is 7.20. The van der Waals surface area contributed by atoms with E-state index < -0.39 is 0 Å². The van der Waals surface area contributed by atoms with Gasteiger partial charge in [0.15, 0.2) is 0 Å². The van der Waals surface area contributed by atoms with Crippen molar-refractivity contribution in [2.75, 3.05) is 39.4 Å². The molecule has 1 aromatic carbocycles. The van der Waals surface area contributed by atoms with Gasteiger partial charge in [0.25, 0.3) is 5.91 Å². The number of amides is 1. The van der Waals surface area contributed by atoms with Gasteiger partial charge in [-0.3, -0.25) is 9.69 Å². The highest BCUT2D eigenvalue weighted by atomic mass is 32.1. The van der Waals surface area contributed by atoms with Crippen LogP contribution in [-0.4, -0.2) is 61.1 Å². The van der Waals surface area contributed by atoms with Crippen molar-refractivity contribution in [3.8, 4) is 0 Å². The minimum atomic E-state index is -0.260. The van der Waals surface area contributed by atoms with E-state index in [1.54, 1.807) is 12.1 Å². The normalized spacial score (nSPS) is 25.5. The average molecular weight is 348 g/mol. The number of carbonyl (C=O) groups excluding carboxylic acids is 1. The Kier molecular flexibility index (Phi) is 4.28. The summed E-state index contributed by atoms with van der Waals surface area (Å²) in [4.78, 5) is 17.9. The number of thiophene rings is 1. The number of rotatable bonds is 2. The Morgan fingerprint density at radius 1 is 1.29 bits per heavy atom. The van der Waals surface area contributed by atoms with Crippen molar-refractivity contribution in [3.63, 3.8) is 0 Å². The number of hydrogen-bond donors (Lipinski definition) is 0. The predicted octanol–water partition coefficient (Wildman–Crippen LogP) is 2.83. The number of nitrogens with zero attached hydrogens (tertiary/aromatic N) is 2. The SMILES string of the molecule is C[C@H]1CN(C(=O)c2cc3c(F)cccc3s2)C[C@H]1N1CCOCC1. The second-order valence-electron chi connectivity index (χ2n) is 6.67. The first kappa shape index (κ1) is 16.0. The molecule has 0 saturated carbocycles. The van der Waals surface area contributed by atoms with Gasteiger partial charge in [0.05, 0.1) is 18.1 Å². The van der Waals surface area contributed by atoms with Gasteiger partial charge in [-0.25, -0.2) is 4.39 Å². The lowest BCUT2D eigenvalue weighted by atomic mass is 10.0. The number of carbonyl (C=O) groups is 1. The van der Waals surface area contributed by atoms with Crippen LogP contribution in [0.3, 0.4) is 0 Å². The number of ether oxygens (including phenoxy) is 1. The summed E-state index contributed by atoms with van der Waals surface area (Å²) in [6.07, 6.45) is 0. The summed E-state index contributed by atoms with van der Waals surface area (Å²) >= 11 is 1.38.